The molecule has 4 heterocycles. The zero-order valence-electron chi connectivity index (χ0n) is 26.4. The highest BCUT2D eigenvalue weighted by atomic mass is 32.1. The van der Waals surface area contributed by atoms with Crippen molar-refractivity contribution in [2.45, 2.75) is 55.8 Å². The average molecular weight is 679 g/mol. The number of hydrogen-bond donors (Lipinski definition) is 4. The molecule has 4 aromatic rings. The molecule has 3 aliphatic heterocycles. The van der Waals surface area contributed by atoms with Crippen LogP contribution < -0.4 is 21.7 Å². The van der Waals surface area contributed by atoms with Gasteiger partial charge in [-0.2, -0.15) is 0 Å². The summed E-state index contributed by atoms with van der Waals surface area (Å²) in [7, 11) is 0. The molecule has 0 saturated carbocycles. The van der Waals surface area contributed by atoms with Crippen LogP contribution in [0.2, 0.25) is 0 Å². The van der Waals surface area contributed by atoms with Gasteiger partial charge in [0.25, 0.3) is 5.91 Å². The Morgan fingerprint density at radius 2 is 1.82 bits per heavy atom. The summed E-state index contributed by atoms with van der Waals surface area (Å²) in [5, 5.41) is 13.8. The monoisotopic (exact) mass is 678 g/mol. The Bertz CT molecular complexity index is 1960. The number of amides is 5. The number of fused-ring (bicyclic) bond motifs is 1. The number of carbonyl (C=O) groups is 5. The summed E-state index contributed by atoms with van der Waals surface area (Å²) in [4.78, 5) is 73.1. The molecule has 1 spiro atoms. The zero-order chi connectivity index (χ0) is 34.1. The summed E-state index contributed by atoms with van der Waals surface area (Å²) in [5.41, 5.74) is 7.03. The first kappa shape index (κ1) is 32.0. The number of nitrogens with one attached hydrogen (secondary N) is 3. The third-order valence-corrected chi connectivity index (χ3v) is 10.3. The first-order chi connectivity index (χ1) is 23.7. The van der Waals surface area contributed by atoms with Crippen molar-refractivity contribution in [3.63, 3.8) is 0 Å². The smallest absolute Gasteiger partial charge is 0.254 e. The van der Waals surface area contributed by atoms with E-state index in [1.165, 1.54) is 16.2 Å². The van der Waals surface area contributed by atoms with E-state index in [0.717, 1.165) is 15.0 Å². The van der Waals surface area contributed by atoms with Crippen molar-refractivity contribution in [2.24, 2.45) is 10.9 Å². The Kier molecular flexibility index (Phi) is 8.59. The van der Waals surface area contributed by atoms with Gasteiger partial charge in [-0.05, 0) is 48.2 Å². The van der Waals surface area contributed by atoms with E-state index in [0.29, 0.717) is 41.8 Å². The normalized spacial score (nSPS) is 22.0. The molecule has 3 aliphatic rings. The molecule has 0 bridgehead atoms. The second kappa shape index (κ2) is 13.2. The molecule has 49 heavy (non-hydrogen) atoms. The van der Waals surface area contributed by atoms with Crippen LogP contribution in [0.25, 0.3) is 10.1 Å². The fraction of sp³-hybridized carbons (Fsp3) is 0.278. The minimum atomic E-state index is -0.997. The number of hydrogen-bond acceptors (Lipinski definition) is 8. The highest BCUT2D eigenvalue weighted by molar-refractivity contribution is 7.19. The van der Waals surface area contributed by atoms with Crippen LogP contribution in [0, 0.1) is 0 Å². The van der Waals surface area contributed by atoms with Gasteiger partial charge in [-0.25, -0.2) is 0 Å². The van der Waals surface area contributed by atoms with E-state index in [1.807, 2.05) is 36.4 Å². The number of oxime groups is 1. The molecular formula is C36H34N6O6S. The first-order valence-corrected chi connectivity index (χ1v) is 16.9. The number of likely N-dealkylation sites (tertiary alicyclic amines) is 1. The van der Waals surface area contributed by atoms with E-state index in [-0.39, 0.29) is 37.1 Å². The quantitative estimate of drug-likeness (QED) is 0.212. The predicted octanol–water partition coefficient (Wildman–Crippen LogP) is 3.11. The molecule has 1 aromatic heterocycles. The third-order valence-electron chi connectivity index (χ3n) is 9.14. The Labute approximate surface area is 285 Å². The molecule has 0 radical (unpaired) electrons. The number of carbonyl (C=O) groups excluding carboxylic acids is 5. The van der Waals surface area contributed by atoms with Crippen molar-refractivity contribution in [3.8, 4) is 0 Å². The second-order valence-corrected chi connectivity index (χ2v) is 13.8. The number of benzene rings is 3. The van der Waals surface area contributed by atoms with Crippen LogP contribution >= 0.6 is 11.3 Å². The van der Waals surface area contributed by atoms with Gasteiger partial charge in [-0.1, -0.05) is 53.7 Å². The van der Waals surface area contributed by atoms with Gasteiger partial charge in [0.1, 0.15) is 18.1 Å². The summed E-state index contributed by atoms with van der Waals surface area (Å²) in [5.74, 6) is -1.98. The lowest BCUT2D eigenvalue weighted by atomic mass is 9.91. The number of nitrogens with two attached hydrogens (primary N) is 1. The van der Waals surface area contributed by atoms with Crippen LogP contribution in [-0.4, -0.2) is 70.4 Å². The molecule has 5 amide bonds. The number of anilines is 1. The molecule has 2 fully saturated rings. The Morgan fingerprint density at radius 1 is 1.02 bits per heavy atom. The van der Waals surface area contributed by atoms with Crippen molar-refractivity contribution in [3.05, 3.63) is 101 Å². The summed E-state index contributed by atoms with van der Waals surface area (Å²) in [6, 6.07) is 23.1. The minimum Gasteiger partial charge on any atom is -0.387 e. The minimum absolute atomic E-state index is 0.0845. The van der Waals surface area contributed by atoms with Crippen LogP contribution in [0.5, 0.6) is 0 Å². The number of rotatable bonds is 9. The fourth-order valence-electron chi connectivity index (χ4n) is 6.66. The van der Waals surface area contributed by atoms with E-state index in [4.69, 9.17) is 10.6 Å². The third kappa shape index (κ3) is 6.74. The van der Waals surface area contributed by atoms with Crippen LogP contribution in [-0.2, 0) is 30.4 Å². The molecule has 5 N–H and O–H groups in total. The molecule has 1 unspecified atom stereocenters. The van der Waals surface area contributed by atoms with Gasteiger partial charge < -0.3 is 31.4 Å². The SMILES string of the molecule is NC(=O)[C@H](Cc1cc2ccccc2s1)NC(=O)[C@@H]1CC2(CC(c3cccc(NC(=O)[C@@H]4CCC(=O)N4)c3)=NO2)CN1C(=O)c1ccccc1. The first-order valence-electron chi connectivity index (χ1n) is 16.1. The summed E-state index contributed by atoms with van der Waals surface area (Å²) >= 11 is 1.53. The molecule has 7 rings (SSSR count). The molecule has 13 heteroatoms. The van der Waals surface area contributed by atoms with Crippen molar-refractivity contribution in [1.82, 2.24) is 15.5 Å². The maximum absolute atomic E-state index is 14.0. The van der Waals surface area contributed by atoms with Crippen molar-refractivity contribution in [1.29, 1.82) is 0 Å². The number of thiophene rings is 1. The van der Waals surface area contributed by atoms with E-state index < -0.39 is 35.5 Å². The summed E-state index contributed by atoms with van der Waals surface area (Å²) < 4.78 is 1.06. The van der Waals surface area contributed by atoms with Crippen LogP contribution in [0.15, 0.2) is 90.1 Å². The second-order valence-electron chi connectivity index (χ2n) is 12.7. The van der Waals surface area contributed by atoms with Crippen LogP contribution in [0.3, 0.4) is 0 Å². The standard InChI is InChI=1S/C36H34N6O6S/c37-32(44)27(17-25-16-23-9-4-5-12-30(23)49-25)40-34(46)29-19-36(20-42(29)35(47)21-7-2-1-3-8-21)18-28(41-48-36)22-10-6-11-24(15-22)38-33(45)26-13-14-31(43)39-26/h1-12,15-16,26-27,29H,13-14,17-20H2,(H2,37,44)(H,38,45)(H,39,43)(H,40,46)/t26-,27-,29-,36?/m0/s1. The van der Waals surface area contributed by atoms with Crippen molar-refractivity contribution < 1.29 is 28.8 Å². The van der Waals surface area contributed by atoms with Crippen molar-refractivity contribution in [2.75, 3.05) is 11.9 Å². The Balaban J connectivity index is 1.09. The number of primary amides is 1. The summed E-state index contributed by atoms with van der Waals surface area (Å²) in [6.07, 6.45) is 1.40. The Morgan fingerprint density at radius 3 is 2.57 bits per heavy atom. The van der Waals surface area contributed by atoms with E-state index in [1.54, 1.807) is 48.5 Å². The largest absolute Gasteiger partial charge is 0.387 e. The molecular weight excluding hydrogens is 644 g/mol. The molecule has 12 nitrogen and oxygen atoms in total. The topological polar surface area (TPSA) is 172 Å². The molecule has 0 aliphatic carbocycles. The maximum atomic E-state index is 14.0. The lowest BCUT2D eigenvalue weighted by Gasteiger charge is -2.25. The van der Waals surface area contributed by atoms with Crippen LogP contribution in [0.4, 0.5) is 5.69 Å². The molecule has 2 saturated heterocycles. The van der Waals surface area contributed by atoms with Gasteiger partial charge in [0.2, 0.25) is 23.6 Å². The van der Waals surface area contributed by atoms with Gasteiger partial charge in [-0.3, -0.25) is 24.0 Å². The van der Waals surface area contributed by atoms with Gasteiger partial charge in [-0.15, -0.1) is 11.3 Å². The van der Waals surface area contributed by atoms with E-state index in [2.05, 4.69) is 21.1 Å². The molecule has 250 valence electrons. The fourth-order valence-corrected chi connectivity index (χ4v) is 7.77. The highest BCUT2D eigenvalue weighted by Gasteiger charge is 2.54. The van der Waals surface area contributed by atoms with Gasteiger partial charge in [0.05, 0.1) is 12.3 Å². The number of nitrogens with zero attached hydrogens (tertiary/aromatic N) is 2. The van der Waals surface area contributed by atoms with E-state index >= 15 is 0 Å². The Hall–Kier alpha value is -5.56. The molecule has 4 atom stereocenters. The molecule has 3 aromatic carbocycles. The highest BCUT2D eigenvalue weighted by Crippen LogP contribution is 2.40. The predicted molar refractivity (Wildman–Crippen MR) is 184 cm³/mol. The van der Waals surface area contributed by atoms with Crippen molar-refractivity contribution >= 4 is 62.4 Å². The van der Waals surface area contributed by atoms with Gasteiger partial charge >= 0.3 is 0 Å². The van der Waals surface area contributed by atoms with Crippen LogP contribution in [0.1, 0.15) is 46.5 Å². The van der Waals surface area contributed by atoms with E-state index in [9.17, 15) is 24.0 Å². The summed E-state index contributed by atoms with van der Waals surface area (Å²) in [6.45, 7) is 0.0845. The lowest BCUT2D eigenvalue weighted by molar-refractivity contribution is -0.129. The van der Waals surface area contributed by atoms with Gasteiger partial charge in [0.15, 0.2) is 5.60 Å². The van der Waals surface area contributed by atoms with Gasteiger partial charge in [0, 0.05) is 52.1 Å². The zero-order valence-corrected chi connectivity index (χ0v) is 27.2. The average Bonchev–Trinajstić information content (AvgIpc) is 3.91. The maximum Gasteiger partial charge on any atom is 0.254 e. The lowest BCUT2D eigenvalue weighted by Crippen LogP contribution is -2.52.